The largest absolute Gasteiger partial charge is 0.368 e. The van der Waals surface area contributed by atoms with Crippen LogP contribution in [0.3, 0.4) is 0 Å². The molecule has 0 unspecified atom stereocenters. The van der Waals surface area contributed by atoms with Crippen molar-refractivity contribution in [3.63, 3.8) is 0 Å². The number of nitrogens with one attached hydrogen (secondary N) is 1. The second kappa shape index (κ2) is 7.98. The molecule has 4 rings (SSSR count). The van der Waals surface area contributed by atoms with Crippen LogP contribution < -0.4 is 15.6 Å². The van der Waals surface area contributed by atoms with Gasteiger partial charge in [0.15, 0.2) is 11.6 Å². The fourth-order valence-electron chi connectivity index (χ4n) is 3.81. The number of piperazine rings is 1. The summed E-state index contributed by atoms with van der Waals surface area (Å²) >= 11 is 0. The molecule has 1 aliphatic rings. The highest BCUT2D eigenvalue weighted by molar-refractivity contribution is 5.75. The van der Waals surface area contributed by atoms with Crippen molar-refractivity contribution in [2.24, 2.45) is 0 Å². The van der Waals surface area contributed by atoms with Gasteiger partial charge in [-0.15, -0.1) is 0 Å². The molecule has 1 fully saturated rings. The van der Waals surface area contributed by atoms with Crippen LogP contribution in [0.25, 0.3) is 11.0 Å². The first-order chi connectivity index (χ1) is 14.3. The molecule has 9 heteroatoms. The van der Waals surface area contributed by atoms with Gasteiger partial charge >= 0.3 is 0 Å². The van der Waals surface area contributed by atoms with Gasteiger partial charge < -0.3 is 9.88 Å². The van der Waals surface area contributed by atoms with Crippen LogP contribution in [0.15, 0.2) is 29.1 Å². The summed E-state index contributed by atoms with van der Waals surface area (Å²) < 4.78 is 28.3. The predicted molar refractivity (Wildman–Crippen MR) is 113 cm³/mol. The number of aromatic nitrogens is 3. The molecule has 1 N–H and O–H groups in total. The maximum absolute atomic E-state index is 14.9. The van der Waals surface area contributed by atoms with E-state index in [4.69, 9.17) is 0 Å². The van der Waals surface area contributed by atoms with Crippen LogP contribution in [-0.2, 0) is 6.54 Å². The number of fused-ring (bicyclic) bond motifs is 1. The maximum atomic E-state index is 14.9. The van der Waals surface area contributed by atoms with E-state index in [0.717, 1.165) is 37.6 Å². The molecular weight excluding hydrogens is 390 g/mol. The topological polar surface area (TPSA) is 68.4 Å². The molecule has 0 bridgehead atoms. The molecule has 1 aliphatic heterocycles. The smallest absolute Gasteiger partial charge is 0.269 e. The summed E-state index contributed by atoms with van der Waals surface area (Å²) in [6, 6.07) is 7.02. The maximum Gasteiger partial charge on any atom is 0.269 e. The molecule has 0 saturated carbocycles. The van der Waals surface area contributed by atoms with E-state index in [-0.39, 0.29) is 16.9 Å². The van der Waals surface area contributed by atoms with Crippen LogP contribution in [-0.4, -0.2) is 53.1 Å². The fourth-order valence-corrected chi connectivity index (χ4v) is 3.81. The van der Waals surface area contributed by atoms with Crippen molar-refractivity contribution in [2.75, 3.05) is 43.2 Å². The Bertz CT molecular complexity index is 1140. The highest BCUT2D eigenvalue weighted by Crippen LogP contribution is 2.24. The number of aryl methyl sites for hydroxylation is 2. The van der Waals surface area contributed by atoms with Gasteiger partial charge in [0, 0.05) is 45.3 Å². The fraction of sp³-hybridized carbons (Fsp3) is 0.381. The van der Waals surface area contributed by atoms with Crippen molar-refractivity contribution in [2.45, 2.75) is 20.4 Å². The molecule has 30 heavy (non-hydrogen) atoms. The Balaban J connectivity index is 1.46. The van der Waals surface area contributed by atoms with Gasteiger partial charge in [0.1, 0.15) is 11.2 Å². The third-order valence-electron chi connectivity index (χ3n) is 5.52. The van der Waals surface area contributed by atoms with Crippen LogP contribution in [0.2, 0.25) is 0 Å². The molecule has 0 spiro atoms. The van der Waals surface area contributed by atoms with E-state index in [2.05, 4.69) is 24.8 Å². The zero-order chi connectivity index (χ0) is 21.4. The molecule has 158 valence electrons. The Morgan fingerprint density at radius 3 is 2.47 bits per heavy atom. The number of nitrogens with zero attached hydrogens (tertiary/aromatic N) is 5. The van der Waals surface area contributed by atoms with Crippen molar-refractivity contribution in [3.8, 4) is 0 Å². The van der Waals surface area contributed by atoms with E-state index in [1.165, 1.54) is 7.05 Å². The minimum absolute atomic E-state index is 0.154. The van der Waals surface area contributed by atoms with E-state index in [1.807, 2.05) is 13.0 Å². The van der Waals surface area contributed by atoms with Crippen LogP contribution in [0, 0.1) is 19.7 Å². The molecule has 7 nitrogen and oxygen atoms in total. The van der Waals surface area contributed by atoms with Gasteiger partial charge in [0.2, 0.25) is 0 Å². The molecule has 2 aromatic heterocycles. The monoisotopic (exact) mass is 414 g/mol. The van der Waals surface area contributed by atoms with Crippen LogP contribution in [0.5, 0.6) is 0 Å². The number of pyridine rings is 1. The van der Waals surface area contributed by atoms with Gasteiger partial charge in [-0.1, -0.05) is 10.5 Å². The molecule has 3 heterocycles. The summed E-state index contributed by atoms with van der Waals surface area (Å²) in [6.07, 6.45) is 0. The summed E-state index contributed by atoms with van der Waals surface area (Å²) in [6.45, 7) is 6.96. The van der Waals surface area contributed by atoms with Gasteiger partial charge in [-0.25, -0.2) is 14.4 Å². The van der Waals surface area contributed by atoms with Crippen LogP contribution >= 0.6 is 0 Å². The third kappa shape index (κ3) is 3.85. The normalized spacial score (nSPS) is 15.0. The molecule has 0 radical (unpaired) electrons. The molecule has 1 saturated heterocycles. The van der Waals surface area contributed by atoms with Gasteiger partial charge in [-0.2, -0.15) is 5.12 Å². The SMILES string of the molecule is Cc1nc(N(C)F)ccc1N1CCN(Cc2ccc3nc(C)c(=O)[nH]c3c2F)CC1. The summed E-state index contributed by atoms with van der Waals surface area (Å²) in [7, 11) is 1.32. The lowest BCUT2D eigenvalue weighted by Crippen LogP contribution is -2.46. The summed E-state index contributed by atoms with van der Waals surface area (Å²) in [5.41, 5.74) is 2.84. The van der Waals surface area contributed by atoms with Gasteiger partial charge in [-0.3, -0.25) is 9.69 Å². The number of hydrogen-bond acceptors (Lipinski definition) is 6. The van der Waals surface area contributed by atoms with Gasteiger partial charge in [0.25, 0.3) is 5.56 Å². The first kappa shape index (κ1) is 20.2. The summed E-state index contributed by atoms with van der Waals surface area (Å²) in [4.78, 5) is 27.2. The average Bonchev–Trinajstić information content (AvgIpc) is 2.72. The standard InChI is InChI=1S/C21H24F2N6O/c1-13-17(6-7-18(25-13)27(3)23)29-10-8-28(9-11-29)12-15-4-5-16-20(19(15)22)26-21(30)14(2)24-16/h4-7H,8-12H2,1-3H3,(H,26,30). The number of hydrogen-bond donors (Lipinski definition) is 1. The predicted octanol–water partition coefficient (Wildman–Crippen LogP) is 2.72. The van der Waals surface area contributed by atoms with Crippen molar-refractivity contribution < 1.29 is 8.87 Å². The zero-order valence-corrected chi connectivity index (χ0v) is 17.2. The number of halogens is 2. The molecule has 3 aromatic rings. The van der Waals surface area contributed by atoms with E-state index < -0.39 is 5.82 Å². The number of rotatable bonds is 4. The Morgan fingerprint density at radius 1 is 1.07 bits per heavy atom. The molecule has 0 atom stereocenters. The molecule has 0 amide bonds. The van der Waals surface area contributed by atoms with E-state index in [9.17, 15) is 13.7 Å². The van der Waals surface area contributed by atoms with Crippen molar-refractivity contribution >= 4 is 22.5 Å². The second-order valence-corrected chi connectivity index (χ2v) is 7.60. The number of anilines is 2. The quantitative estimate of drug-likeness (QED) is 0.662. The first-order valence-electron chi connectivity index (χ1n) is 9.86. The Morgan fingerprint density at radius 2 is 1.80 bits per heavy atom. The van der Waals surface area contributed by atoms with Gasteiger partial charge in [0.05, 0.1) is 16.9 Å². The summed E-state index contributed by atoms with van der Waals surface area (Å²) in [5.74, 6) is -0.144. The zero-order valence-electron chi connectivity index (χ0n) is 17.2. The number of benzene rings is 1. The first-order valence-corrected chi connectivity index (χ1v) is 9.86. The highest BCUT2D eigenvalue weighted by atomic mass is 19.2. The minimum Gasteiger partial charge on any atom is -0.368 e. The Hall–Kier alpha value is -3.07. The van der Waals surface area contributed by atoms with Crippen molar-refractivity contribution in [1.29, 1.82) is 0 Å². The van der Waals surface area contributed by atoms with Crippen molar-refractivity contribution in [1.82, 2.24) is 19.9 Å². The van der Waals surface area contributed by atoms with E-state index in [1.54, 1.807) is 25.1 Å². The van der Waals surface area contributed by atoms with E-state index >= 15 is 0 Å². The number of H-pyrrole nitrogens is 1. The second-order valence-electron chi connectivity index (χ2n) is 7.60. The van der Waals surface area contributed by atoms with Crippen molar-refractivity contribution in [3.05, 3.63) is 57.4 Å². The lowest BCUT2D eigenvalue weighted by atomic mass is 10.1. The molecule has 1 aromatic carbocycles. The van der Waals surface area contributed by atoms with E-state index in [0.29, 0.717) is 28.4 Å². The summed E-state index contributed by atoms with van der Waals surface area (Å²) in [5, 5.41) is 0.497. The van der Waals surface area contributed by atoms with Gasteiger partial charge in [-0.05, 0) is 32.0 Å². The number of aromatic amines is 1. The Labute approximate surface area is 172 Å². The highest BCUT2D eigenvalue weighted by Gasteiger charge is 2.21. The molecular formula is C21H24F2N6O. The third-order valence-corrected chi connectivity index (χ3v) is 5.52. The van der Waals surface area contributed by atoms with Crippen LogP contribution in [0.1, 0.15) is 17.0 Å². The van der Waals surface area contributed by atoms with Crippen LogP contribution in [0.4, 0.5) is 20.4 Å². The average molecular weight is 414 g/mol. The molecule has 0 aliphatic carbocycles. The lowest BCUT2D eigenvalue weighted by molar-refractivity contribution is 0.246. The minimum atomic E-state index is -0.425. The lowest BCUT2D eigenvalue weighted by Gasteiger charge is -2.36. The Kier molecular flexibility index (Phi) is 5.38.